The largest absolute Gasteiger partial charge is 0.365 e. The van der Waals surface area contributed by atoms with Gasteiger partial charge in [0.1, 0.15) is 16.6 Å². The summed E-state index contributed by atoms with van der Waals surface area (Å²) in [5, 5.41) is 16.7. The van der Waals surface area contributed by atoms with Gasteiger partial charge in [-0.25, -0.2) is 4.98 Å². The van der Waals surface area contributed by atoms with Crippen LogP contribution in [0.25, 0.3) is 11.3 Å². The summed E-state index contributed by atoms with van der Waals surface area (Å²) in [5.74, 6) is 0. The van der Waals surface area contributed by atoms with Gasteiger partial charge in [-0.15, -0.1) is 0 Å². The monoisotopic (exact) mass is 219 g/mol. The molecule has 0 saturated heterocycles. The lowest BCUT2D eigenvalue weighted by atomic mass is 10.2. The Labute approximate surface area is 91.0 Å². The number of rotatable bonds is 2. The third-order valence-corrected chi connectivity index (χ3v) is 2.90. The van der Waals surface area contributed by atoms with Gasteiger partial charge in [0.15, 0.2) is 5.13 Å². The van der Waals surface area contributed by atoms with Crippen molar-refractivity contribution < 1.29 is 0 Å². The van der Waals surface area contributed by atoms with Crippen LogP contribution in [0.4, 0.5) is 5.13 Å². The Hall–Kier alpha value is -1.87. The first-order valence-electron chi connectivity index (χ1n) is 4.32. The van der Waals surface area contributed by atoms with E-state index in [-0.39, 0.29) is 0 Å². The van der Waals surface area contributed by atoms with Crippen LogP contribution in [-0.4, -0.2) is 21.8 Å². The van der Waals surface area contributed by atoms with Gasteiger partial charge >= 0.3 is 0 Å². The smallest absolute Gasteiger partial charge is 0.184 e. The maximum absolute atomic E-state index is 8.96. The number of hydrogen-bond donors (Lipinski definition) is 1. The number of nitrogens with one attached hydrogen (secondary N) is 1. The molecule has 76 valence electrons. The zero-order valence-electron chi connectivity index (χ0n) is 8.35. The molecule has 0 amide bonds. The van der Waals surface area contributed by atoms with Gasteiger partial charge in [0, 0.05) is 25.9 Å². The highest BCUT2D eigenvalue weighted by Crippen LogP contribution is 2.29. The van der Waals surface area contributed by atoms with Crippen LogP contribution in [0.2, 0.25) is 0 Å². The van der Waals surface area contributed by atoms with Crippen LogP contribution < -0.4 is 5.32 Å². The maximum atomic E-state index is 8.96. The maximum Gasteiger partial charge on any atom is 0.184 e. The Morgan fingerprint density at radius 3 is 2.93 bits per heavy atom. The third-order valence-electron chi connectivity index (χ3n) is 1.92. The molecule has 1 N–H and O–H groups in total. The van der Waals surface area contributed by atoms with Crippen molar-refractivity contribution in [1.82, 2.24) is 14.8 Å². The van der Waals surface area contributed by atoms with E-state index in [4.69, 9.17) is 5.26 Å². The second-order valence-electron chi connectivity index (χ2n) is 2.96. The molecule has 5 nitrogen and oxygen atoms in total. The minimum Gasteiger partial charge on any atom is -0.365 e. The Bertz CT molecular complexity index is 519. The lowest BCUT2D eigenvalue weighted by Crippen LogP contribution is -1.86. The summed E-state index contributed by atoms with van der Waals surface area (Å²) in [4.78, 5) is 4.92. The van der Waals surface area contributed by atoms with E-state index in [0.29, 0.717) is 10.6 Å². The Balaban J connectivity index is 2.52. The fraction of sp³-hybridized carbons (Fsp3) is 0.222. The zero-order valence-corrected chi connectivity index (χ0v) is 9.17. The van der Waals surface area contributed by atoms with Crippen molar-refractivity contribution in [2.24, 2.45) is 7.05 Å². The summed E-state index contributed by atoms with van der Waals surface area (Å²) in [5.41, 5.74) is 1.56. The van der Waals surface area contributed by atoms with Crippen molar-refractivity contribution in [1.29, 1.82) is 5.26 Å². The molecule has 2 rings (SSSR count). The Kier molecular flexibility index (Phi) is 2.39. The molecule has 15 heavy (non-hydrogen) atoms. The lowest BCUT2D eigenvalue weighted by Gasteiger charge is -1.89. The molecule has 0 aliphatic rings. The van der Waals surface area contributed by atoms with E-state index in [2.05, 4.69) is 21.5 Å². The summed E-state index contributed by atoms with van der Waals surface area (Å²) in [6.07, 6.45) is 3.55. The molecule has 0 aromatic carbocycles. The topological polar surface area (TPSA) is 66.5 Å². The number of thiazole rings is 1. The SMILES string of the molecule is CNc1nc(-c2cnn(C)c2)c(C#N)s1. The van der Waals surface area contributed by atoms with Gasteiger partial charge in [-0.2, -0.15) is 10.4 Å². The van der Waals surface area contributed by atoms with Crippen LogP contribution in [0.5, 0.6) is 0 Å². The van der Waals surface area contributed by atoms with Crippen LogP contribution in [0.1, 0.15) is 4.88 Å². The van der Waals surface area contributed by atoms with Crippen molar-refractivity contribution in [2.45, 2.75) is 0 Å². The molecule has 0 spiro atoms. The molecule has 0 bridgehead atoms. The van der Waals surface area contributed by atoms with E-state index < -0.39 is 0 Å². The molecule has 2 aromatic rings. The predicted octanol–water partition coefficient (Wildman–Crippen LogP) is 1.46. The van der Waals surface area contributed by atoms with E-state index >= 15 is 0 Å². The Morgan fingerprint density at radius 2 is 2.40 bits per heavy atom. The third kappa shape index (κ3) is 1.69. The molecule has 0 fully saturated rings. The number of aromatic nitrogens is 3. The van der Waals surface area contributed by atoms with Gasteiger partial charge in [-0.3, -0.25) is 4.68 Å². The zero-order chi connectivity index (χ0) is 10.8. The highest BCUT2D eigenvalue weighted by Gasteiger charge is 2.13. The molecule has 0 unspecified atom stereocenters. The van der Waals surface area contributed by atoms with Gasteiger partial charge in [-0.1, -0.05) is 11.3 Å². The number of aryl methyl sites for hydroxylation is 1. The van der Waals surface area contributed by atoms with Crippen molar-refractivity contribution in [3.63, 3.8) is 0 Å². The summed E-state index contributed by atoms with van der Waals surface area (Å²) in [6, 6.07) is 2.14. The van der Waals surface area contributed by atoms with E-state index in [1.807, 2.05) is 13.2 Å². The summed E-state index contributed by atoms with van der Waals surface area (Å²) >= 11 is 1.34. The average Bonchev–Trinajstić information content (AvgIpc) is 2.82. The fourth-order valence-electron chi connectivity index (χ4n) is 1.24. The van der Waals surface area contributed by atoms with E-state index in [1.165, 1.54) is 11.3 Å². The first-order chi connectivity index (χ1) is 7.24. The highest BCUT2D eigenvalue weighted by molar-refractivity contribution is 7.16. The molecule has 0 saturated carbocycles. The molecule has 2 heterocycles. The first kappa shape index (κ1) is 9.68. The summed E-state index contributed by atoms with van der Waals surface area (Å²) in [7, 11) is 3.62. The van der Waals surface area contributed by atoms with Crippen LogP contribution in [0, 0.1) is 11.3 Å². The molecule has 0 radical (unpaired) electrons. The van der Waals surface area contributed by atoms with E-state index in [0.717, 1.165) is 10.7 Å². The van der Waals surface area contributed by atoms with Crippen LogP contribution in [-0.2, 0) is 7.05 Å². The highest BCUT2D eigenvalue weighted by atomic mass is 32.1. The van der Waals surface area contributed by atoms with Crippen molar-refractivity contribution >= 4 is 16.5 Å². The number of nitrogens with zero attached hydrogens (tertiary/aromatic N) is 4. The Morgan fingerprint density at radius 1 is 1.60 bits per heavy atom. The molecule has 2 aromatic heterocycles. The molecular formula is C9H9N5S. The minimum atomic E-state index is 0.604. The number of anilines is 1. The van der Waals surface area contributed by atoms with Crippen LogP contribution >= 0.6 is 11.3 Å². The number of nitriles is 1. The molecule has 0 aliphatic heterocycles. The van der Waals surface area contributed by atoms with E-state index in [1.54, 1.807) is 17.9 Å². The first-order valence-corrected chi connectivity index (χ1v) is 5.14. The van der Waals surface area contributed by atoms with Gasteiger partial charge < -0.3 is 5.32 Å². The number of hydrogen-bond acceptors (Lipinski definition) is 5. The predicted molar refractivity (Wildman–Crippen MR) is 58.6 cm³/mol. The second-order valence-corrected chi connectivity index (χ2v) is 3.96. The van der Waals surface area contributed by atoms with Gasteiger partial charge in [0.25, 0.3) is 0 Å². The van der Waals surface area contributed by atoms with Crippen molar-refractivity contribution in [2.75, 3.05) is 12.4 Å². The summed E-state index contributed by atoms with van der Waals surface area (Å²) in [6.45, 7) is 0. The van der Waals surface area contributed by atoms with Gasteiger partial charge in [-0.05, 0) is 0 Å². The van der Waals surface area contributed by atoms with Crippen LogP contribution in [0.15, 0.2) is 12.4 Å². The minimum absolute atomic E-state index is 0.604. The average molecular weight is 219 g/mol. The normalized spacial score (nSPS) is 9.93. The van der Waals surface area contributed by atoms with Crippen molar-refractivity contribution in [3.8, 4) is 17.3 Å². The fourth-order valence-corrected chi connectivity index (χ4v) is 1.98. The molecular weight excluding hydrogens is 210 g/mol. The van der Waals surface area contributed by atoms with Crippen molar-refractivity contribution in [3.05, 3.63) is 17.3 Å². The summed E-state index contributed by atoms with van der Waals surface area (Å²) < 4.78 is 1.69. The molecule has 6 heteroatoms. The molecule has 0 aliphatic carbocycles. The second kappa shape index (κ2) is 3.71. The van der Waals surface area contributed by atoms with Crippen LogP contribution in [0.3, 0.4) is 0 Å². The van der Waals surface area contributed by atoms with E-state index in [9.17, 15) is 0 Å². The standard InChI is InChI=1S/C9H9N5S/c1-11-9-13-8(7(3-10)15-9)6-4-12-14(2)5-6/h4-5H,1-2H3,(H,11,13). The van der Waals surface area contributed by atoms with Gasteiger partial charge in [0.2, 0.25) is 0 Å². The lowest BCUT2D eigenvalue weighted by molar-refractivity contribution is 0.768. The molecule has 0 atom stereocenters. The quantitative estimate of drug-likeness (QED) is 0.830. The van der Waals surface area contributed by atoms with Gasteiger partial charge in [0.05, 0.1) is 6.20 Å².